The first-order chi connectivity index (χ1) is 10.2. The molecule has 0 bridgehead atoms. The molecule has 1 aromatic carbocycles. The van der Waals surface area contributed by atoms with Crippen molar-refractivity contribution in [3.8, 4) is 0 Å². The van der Waals surface area contributed by atoms with Crippen LogP contribution in [0.15, 0.2) is 35.4 Å². The summed E-state index contributed by atoms with van der Waals surface area (Å²) < 4.78 is 0. The standard InChI is InChI=1S/C17H23N3S/c1-4-9-18-16-11-17(20-15(5-2)19-16)21-12-14-8-6-7-13(3)10-14/h6-8,10-11H,4-5,9,12H2,1-3H3,(H,18,19,20). The van der Waals surface area contributed by atoms with Gasteiger partial charge in [-0.05, 0) is 18.9 Å². The van der Waals surface area contributed by atoms with E-state index in [2.05, 4.69) is 66.4 Å². The lowest BCUT2D eigenvalue weighted by Gasteiger charge is -2.09. The Morgan fingerprint density at radius 3 is 2.71 bits per heavy atom. The van der Waals surface area contributed by atoms with Gasteiger partial charge in [0.05, 0.1) is 0 Å². The van der Waals surface area contributed by atoms with Crippen LogP contribution in [-0.2, 0) is 12.2 Å². The van der Waals surface area contributed by atoms with Crippen LogP contribution in [0.5, 0.6) is 0 Å². The van der Waals surface area contributed by atoms with Gasteiger partial charge >= 0.3 is 0 Å². The molecule has 4 heteroatoms. The van der Waals surface area contributed by atoms with Gasteiger partial charge in [0.1, 0.15) is 16.7 Å². The van der Waals surface area contributed by atoms with E-state index >= 15 is 0 Å². The van der Waals surface area contributed by atoms with Crippen LogP contribution >= 0.6 is 11.8 Å². The summed E-state index contributed by atoms with van der Waals surface area (Å²) in [6.07, 6.45) is 1.96. The van der Waals surface area contributed by atoms with Crippen LogP contribution in [0.25, 0.3) is 0 Å². The number of hydrogen-bond acceptors (Lipinski definition) is 4. The fraction of sp³-hybridized carbons (Fsp3) is 0.412. The Morgan fingerprint density at radius 2 is 2.00 bits per heavy atom. The first-order valence-corrected chi connectivity index (χ1v) is 8.50. The van der Waals surface area contributed by atoms with E-state index in [0.717, 1.165) is 41.8 Å². The number of hydrogen-bond donors (Lipinski definition) is 1. The molecule has 0 aliphatic heterocycles. The average molecular weight is 301 g/mol. The van der Waals surface area contributed by atoms with Gasteiger partial charge in [-0.25, -0.2) is 9.97 Å². The summed E-state index contributed by atoms with van der Waals surface area (Å²) in [5.74, 6) is 2.79. The number of thioether (sulfide) groups is 1. The molecule has 1 N–H and O–H groups in total. The van der Waals surface area contributed by atoms with Crippen molar-refractivity contribution < 1.29 is 0 Å². The predicted octanol–water partition coefficient (Wildman–Crippen LogP) is 4.46. The SMILES string of the molecule is CCCNc1cc(SCc2cccc(C)c2)nc(CC)n1. The second-order valence-electron chi connectivity index (χ2n) is 5.07. The summed E-state index contributed by atoms with van der Waals surface area (Å²) in [7, 11) is 0. The smallest absolute Gasteiger partial charge is 0.131 e. The summed E-state index contributed by atoms with van der Waals surface area (Å²) in [5, 5.41) is 4.40. The molecule has 112 valence electrons. The molecule has 0 atom stereocenters. The van der Waals surface area contributed by atoms with Crippen molar-refractivity contribution in [3.05, 3.63) is 47.3 Å². The molecular formula is C17H23N3S. The van der Waals surface area contributed by atoms with Crippen LogP contribution < -0.4 is 5.32 Å². The molecule has 0 fully saturated rings. The molecule has 3 nitrogen and oxygen atoms in total. The Kier molecular flexibility index (Phi) is 6.05. The molecule has 21 heavy (non-hydrogen) atoms. The molecule has 0 saturated heterocycles. The largest absolute Gasteiger partial charge is 0.370 e. The monoisotopic (exact) mass is 301 g/mol. The molecule has 0 spiro atoms. The van der Waals surface area contributed by atoms with Crippen molar-refractivity contribution in [2.24, 2.45) is 0 Å². The van der Waals surface area contributed by atoms with Crippen LogP contribution in [0.2, 0.25) is 0 Å². The molecule has 0 unspecified atom stereocenters. The maximum Gasteiger partial charge on any atom is 0.131 e. The molecule has 2 aromatic rings. The zero-order valence-electron chi connectivity index (χ0n) is 13.0. The summed E-state index contributed by atoms with van der Waals surface area (Å²) in [6.45, 7) is 7.32. The molecule has 0 radical (unpaired) electrons. The van der Waals surface area contributed by atoms with Crippen molar-refractivity contribution in [1.82, 2.24) is 9.97 Å². The number of aromatic nitrogens is 2. The summed E-state index contributed by atoms with van der Waals surface area (Å²) in [4.78, 5) is 9.13. The minimum absolute atomic E-state index is 0.861. The minimum Gasteiger partial charge on any atom is -0.370 e. The molecule has 0 amide bonds. The Hall–Kier alpha value is -1.55. The highest BCUT2D eigenvalue weighted by molar-refractivity contribution is 7.98. The third kappa shape index (κ3) is 5.05. The number of anilines is 1. The lowest BCUT2D eigenvalue weighted by atomic mass is 10.2. The summed E-state index contributed by atoms with van der Waals surface area (Å²) in [6, 6.07) is 10.7. The maximum absolute atomic E-state index is 4.61. The third-order valence-electron chi connectivity index (χ3n) is 3.09. The second kappa shape index (κ2) is 8.03. The molecule has 0 saturated carbocycles. The quantitative estimate of drug-likeness (QED) is 0.605. The molecule has 0 aliphatic carbocycles. The number of nitrogens with one attached hydrogen (secondary N) is 1. The Bertz CT molecular complexity index is 584. The highest BCUT2D eigenvalue weighted by Crippen LogP contribution is 2.23. The van der Waals surface area contributed by atoms with E-state index in [-0.39, 0.29) is 0 Å². The van der Waals surface area contributed by atoms with Crippen molar-refractivity contribution in [2.75, 3.05) is 11.9 Å². The van der Waals surface area contributed by atoms with E-state index in [1.807, 2.05) is 0 Å². The summed E-state index contributed by atoms with van der Waals surface area (Å²) >= 11 is 1.77. The van der Waals surface area contributed by atoms with Gasteiger partial charge < -0.3 is 5.32 Å². The van der Waals surface area contributed by atoms with Crippen LogP contribution in [0.4, 0.5) is 5.82 Å². The van der Waals surface area contributed by atoms with Gasteiger partial charge in [0.2, 0.25) is 0 Å². The highest BCUT2D eigenvalue weighted by Gasteiger charge is 2.04. The van der Waals surface area contributed by atoms with Gasteiger partial charge in [-0.15, -0.1) is 11.8 Å². The predicted molar refractivity (Wildman–Crippen MR) is 90.9 cm³/mol. The normalized spacial score (nSPS) is 10.6. The van der Waals surface area contributed by atoms with E-state index in [9.17, 15) is 0 Å². The minimum atomic E-state index is 0.861. The lowest BCUT2D eigenvalue weighted by molar-refractivity contribution is 0.877. The van der Waals surface area contributed by atoms with E-state index in [0.29, 0.717) is 0 Å². The molecule has 2 rings (SSSR count). The van der Waals surface area contributed by atoms with Gasteiger partial charge in [-0.2, -0.15) is 0 Å². The van der Waals surface area contributed by atoms with E-state index < -0.39 is 0 Å². The third-order valence-corrected chi connectivity index (χ3v) is 4.07. The zero-order valence-corrected chi connectivity index (χ0v) is 13.8. The van der Waals surface area contributed by atoms with Crippen molar-refractivity contribution in [3.63, 3.8) is 0 Å². The van der Waals surface area contributed by atoms with Crippen molar-refractivity contribution in [2.45, 2.75) is 44.4 Å². The first-order valence-electron chi connectivity index (χ1n) is 7.51. The number of benzene rings is 1. The molecular weight excluding hydrogens is 278 g/mol. The van der Waals surface area contributed by atoms with Gasteiger partial charge in [0.15, 0.2) is 0 Å². The fourth-order valence-electron chi connectivity index (χ4n) is 2.01. The highest BCUT2D eigenvalue weighted by atomic mass is 32.2. The molecule has 1 aromatic heterocycles. The van der Waals surface area contributed by atoms with Gasteiger partial charge in [0, 0.05) is 24.8 Å². The molecule has 1 heterocycles. The zero-order chi connectivity index (χ0) is 15.1. The van der Waals surface area contributed by atoms with Crippen molar-refractivity contribution in [1.29, 1.82) is 0 Å². The van der Waals surface area contributed by atoms with Crippen LogP contribution in [0.3, 0.4) is 0 Å². The van der Waals surface area contributed by atoms with Gasteiger partial charge in [0.25, 0.3) is 0 Å². The van der Waals surface area contributed by atoms with Crippen LogP contribution in [-0.4, -0.2) is 16.5 Å². The summed E-state index contributed by atoms with van der Waals surface area (Å²) in [5.41, 5.74) is 2.63. The van der Waals surface area contributed by atoms with Crippen LogP contribution in [0.1, 0.15) is 37.2 Å². The number of aryl methyl sites for hydroxylation is 2. The Morgan fingerprint density at radius 1 is 1.14 bits per heavy atom. The first kappa shape index (κ1) is 15.8. The van der Waals surface area contributed by atoms with Gasteiger partial charge in [-0.3, -0.25) is 0 Å². The average Bonchev–Trinajstić information content (AvgIpc) is 2.51. The van der Waals surface area contributed by atoms with E-state index in [1.54, 1.807) is 11.8 Å². The van der Waals surface area contributed by atoms with Gasteiger partial charge in [-0.1, -0.05) is 43.7 Å². The van der Waals surface area contributed by atoms with Crippen LogP contribution in [0, 0.1) is 6.92 Å². The Labute approximate surface area is 131 Å². The number of nitrogens with zero attached hydrogens (tertiary/aromatic N) is 2. The second-order valence-corrected chi connectivity index (χ2v) is 6.06. The maximum atomic E-state index is 4.61. The topological polar surface area (TPSA) is 37.8 Å². The fourth-order valence-corrected chi connectivity index (χ4v) is 2.87. The van der Waals surface area contributed by atoms with E-state index in [1.165, 1.54) is 11.1 Å². The molecule has 0 aliphatic rings. The number of rotatable bonds is 7. The lowest BCUT2D eigenvalue weighted by Crippen LogP contribution is -2.05. The van der Waals surface area contributed by atoms with Crippen molar-refractivity contribution >= 4 is 17.6 Å². The Balaban J connectivity index is 2.07. The van der Waals surface area contributed by atoms with E-state index in [4.69, 9.17) is 0 Å².